The van der Waals surface area contributed by atoms with E-state index in [0.717, 1.165) is 23.8 Å². The summed E-state index contributed by atoms with van der Waals surface area (Å²) >= 11 is 1.25. The summed E-state index contributed by atoms with van der Waals surface area (Å²) in [5, 5.41) is 6.06. The Morgan fingerprint density at radius 2 is 2.14 bits per heavy atom. The number of ether oxygens (including phenoxy) is 1. The molecule has 2 aromatic rings. The number of rotatable bonds is 3. The highest BCUT2D eigenvalue weighted by Crippen LogP contribution is 2.57. The molecule has 0 aliphatic carbocycles. The molecule has 0 bridgehead atoms. The molecule has 28 heavy (non-hydrogen) atoms. The average molecular weight is 403 g/mol. The maximum atomic E-state index is 14.4. The van der Waals surface area contributed by atoms with E-state index in [9.17, 15) is 13.6 Å². The lowest BCUT2D eigenvalue weighted by Crippen LogP contribution is -2.51. The van der Waals surface area contributed by atoms with E-state index in [2.05, 4.69) is 5.10 Å². The van der Waals surface area contributed by atoms with E-state index in [1.54, 1.807) is 0 Å². The van der Waals surface area contributed by atoms with Gasteiger partial charge in [0.2, 0.25) is 5.91 Å². The third-order valence-electron chi connectivity index (χ3n) is 5.00. The summed E-state index contributed by atoms with van der Waals surface area (Å²) < 4.78 is 34.1. The highest BCUT2D eigenvalue weighted by atomic mass is 32.2. The van der Waals surface area contributed by atoms with Gasteiger partial charge < -0.3 is 10.5 Å². The van der Waals surface area contributed by atoms with E-state index in [-0.39, 0.29) is 22.4 Å². The molecule has 0 saturated heterocycles. The molecule has 146 valence electrons. The Morgan fingerprint density at radius 1 is 1.36 bits per heavy atom. The Hall–Kier alpha value is -2.45. The Kier molecular flexibility index (Phi) is 4.84. The van der Waals surface area contributed by atoms with Crippen molar-refractivity contribution in [3.05, 3.63) is 65.2 Å². The third kappa shape index (κ3) is 2.87. The van der Waals surface area contributed by atoms with Crippen molar-refractivity contribution < 1.29 is 18.3 Å². The molecule has 1 spiro atoms. The monoisotopic (exact) mass is 403 g/mol. The second kappa shape index (κ2) is 7.18. The molecule has 0 aromatic heterocycles. The molecule has 0 radical (unpaired) electrons. The summed E-state index contributed by atoms with van der Waals surface area (Å²) in [5.41, 5.74) is 6.63. The van der Waals surface area contributed by atoms with Gasteiger partial charge in [-0.05, 0) is 37.2 Å². The highest BCUT2D eigenvalue weighted by Gasteiger charge is 2.56. The van der Waals surface area contributed by atoms with E-state index in [4.69, 9.17) is 10.5 Å². The number of carbonyl (C=O) groups excluding carboxylic acids is 1. The number of benzene rings is 2. The SMILES string of the molecule is CC(=O)N1N=C(c2cc(F)ccc2F)S[C@@]12c1ccccc1OC[C@H]2CCN. The first-order valence-corrected chi connectivity index (χ1v) is 9.75. The van der Waals surface area contributed by atoms with Crippen molar-refractivity contribution in [2.24, 2.45) is 16.8 Å². The van der Waals surface area contributed by atoms with Crippen LogP contribution in [0.3, 0.4) is 0 Å². The zero-order valence-electron chi connectivity index (χ0n) is 15.2. The number of para-hydroxylation sites is 1. The van der Waals surface area contributed by atoms with E-state index < -0.39 is 16.5 Å². The molecular weight excluding hydrogens is 384 g/mol. The van der Waals surface area contributed by atoms with Crippen molar-refractivity contribution in [3.8, 4) is 5.75 Å². The minimum Gasteiger partial charge on any atom is -0.493 e. The summed E-state index contributed by atoms with van der Waals surface area (Å²) in [6.45, 7) is 2.15. The number of thioether (sulfide) groups is 1. The predicted molar refractivity (Wildman–Crippen MR) is 104 cm³/mol. The lowest BCUT2D eigenvalue weighted by atomic mass is 9.86. The van der Waals surface area contributed by atoms with Crippen LogP contribution in [-0.4, -0.2) is 29.1 Å². The van der Waals surface area contributed by atoms with Gasteiger partial charge in [0.05, 0.1) is 6.61 Å². The van der Waals surface area contributed by atoms with Crippen molar-refractivity contribution in [1.29, 1.82) is 0 Å². The molecule has 4 rings (SSSR count). The largest absolute Gasteiger partial charge is 0.493 e. The van der Waals surface area contributed by atoms with Crippen LogP contribution in [0.5, 0.6) is 5.75 Å². The molecule has 0 fully saturated rings. The van der Waals surface area contributed by atoms with Gasteiger partial charge in [0.25, 0.3) is 0 Å². The maximum Gasteiger partial charge on any atom is 0.241 e. The van der Waals surface area contributed by atoms with Crippen LogP contribution in [0.1, 0.15) is 24.5 Å². The summed E-state index contributed by atoms with van der Waals surface area (Å²) in [6, 6.07) is 10.6. The Bertz CT molecular complexity index is 968. The number of amides is 1. The molecular formula is C20H19F2N3O2S. The fourth-order valence-corrected chi connectivity index (χ4v) is 5.34. The van der Waals surface area contributed by atoms with E-state index >= 15 is 0 Å². The standard InChI is InChI=1S/C20H19F2N3O2S/c1-12(26)25-20(28-19(24-25)15-10-14(21)6-7-17(15)22)13(8-9-23)11-27-18-5-3-2-4-16(18)20/h2-7,10,13H,8-9,11,23H2,1H3/t13-,20+/m1/s1. The Labute approximate surface area is 165 Å². The molecule has 0 saturated carbocycles. The van der Waals surface area contributed by atoms with Crippen molar-refractivity contribution >= 4 is 22.7 Å². The van der Waals surface area contributed by atoms with Gasteiger partial charge in [-0.1, -0.05) is 30.0 Å². The second-order valence-corrected chi connectivity index (χ2v) is 7.95. The topological polar surface area (TPSA) is 67.9 Å². The summed E-state index contributed by atoms with van der Waals surface area (Å²) in [4.78, 5) is 11.7. The van der Waals surface area contributed by atoms with Gasteiger partial charge in [-0.25, -0.2) is 13.8 Å². The van der Waals surface area contributed by atoms with E-state index in [0.29, 0.717) is 25.3 Å². The fraction of sp³-hybridized carbons (Fsp3) is 0.300. The third-order valence-corrected chi connectivity index (χ3v) is 6.53. The molecule has 8 heteroatoms. The van der Waals surface area contributed by atoms with E-state index in [1.165, 1.54) is 23.7 Å². The number of hydrazone groups is 1. The minimum absolute atomic E-state index is 0.0311. The molecule has 2 N–H and O–H groups in total. The maximum absolute atomic E-state index is 14.4. The van der Waals surface area contributed by atoms with Crippen molar-refractivity contribution in [2.45, 2.75) is 18.2 Å². The lowest BCUT2D eigenvalue weighted by Gasteiger charge is -2.45. The lowest BCUT2D eigenvalue weighted by molar-refractivity contribution is -0.134. The predicted octanol–water partition coefficient (Wildman–Crippen LogP) is 3.43. The van der Waals surface area contributed by atoms with Gasteiger partial charge in [0.15, 0.2) is 4.87 Å². The smallest absolute Gasteiger partial charge is 0.241 e. The Morgan fingerprint density at radius 3 is 2.89 bits per heavy atom. The van der Waals surface area contributed by atoms with Gasteiger partial charge in [-0.15, -0.1) is 0 Å². The summed E-state index contributed by atoms with van der Waals surface area (Å²) in [7, 11) is 0. The summed E-state index contributed by atoms with van der Waals surface area (Å²) in [5.74, 6) is -0.979. The van der Waals surface area contributed by atoms with Crippen LogP contribution in [-0.2, 0) is 9.67 Å². The number of halogens is 2. The molecule has 5 nitrogen and oxygen atoms in total. The number of hydrogen-bond donors (Lipinski definition) is 1. The molecule has 2 aliphatic heterocycles. The van der Waals surface area contributed by atoms with Crippen LogP contribution in [0.4, 0.5) is 8.78 Å². The minimum atomic E-state index is -0.922. The van der Waals surface area contributed by atoms with E-state index in [1.807, 2.05) is 24.3 Å². The number of fused-ring (bicyclic) bond motifs is 2. The van der Waals surface area contributed by atoms with Gasteiger partial charge in [-0.2, -0.15) is 5.10 Å². The molecule has 2 heterocycles. The van der Waals surface area contributed by atoms with Crippen LogP contribution in [0.15, 0.2) is 47.6 Å². The zero-order chi connectivity index (χ0) is 19.9. The van der Waals surface area contributed by atoms with Crippen LogP contribution in [0, 0.1) is 17.6 Å². The molecule has 2 aromatic carbocycles. The summed E-state index contributed by atoms with van der Waals surface area (Å²) in [6.07, 6.45) is 0.583. The van der Waals surface area contributed by atoms with Gasteiger partial charge >= 0.3 is 0 Å². The molecule has 1 amide bonds. The number of nitrogens with zero attached hydrogens (tertiary/aromatic N) is 2. The normalized spacial score (nSPS) is 23.4. The van der Waals surface area contributed by atoms with Crippen molar-refractivity contribution in [1.82, 2.24) is 5.01 Å². The molecule has 2 atom stereocenters. The first-order valence-electron chi connectivity index (χ1n) is 8.93. The fourth-order valence-electron chi connectivity index (χ4n) is 3.77. The first-order chi connectivity index (χ1) is 13.5. The van der Waals surface area contributed by atoms with Crippen LogP contribution >= 0.6 is 11.8 Å². The van der Waals surface area contributed by atoms with Crippen LogP contribution in [0.2, 0.25) is 0 Å². The average Bonchev–Trinajstić information content (AvgIpc) is 3.08. The van der Waals surface area contributed by atoms with Gasteiger partial charge in [-0.3, -0.25) is 4.79 Å². The van der Waals surface area contributed by atoms with Gasteiger partial charge in [0.1, 0.15) is 22.4 Å². The van der Waals surface area contributed by atoms with Crippen LogP contribution < -0.4 is 10.5 Å². The Balaban J connectivity index is 1.89. The van der Waals surface area contributed by atoms with Crippen LogP contribution in [0.25, 0.3) is 0 Å². The number of carbonyl (C=O) groups is 1. The van der Waals surface area contributed by atoms with Crippen molar-refractivity contribution in [3.63, 3.8) is 0 Å². The second-order valence-electron chi connectivity index (χ2n) is 6.74. The zero-order valence-corrected chi connectivity index (χ0v) is 16.0. The number of hydrogen-bond acceptors (Lipinski definition) is 5. The molecule has 0 unspecified atom stereocenters. The van der Waals surface area contributed by atoms with Crippen molar-refractivity contribution in [2.75, 3.05) is 13.2 Å². The highest BCUT2D eigenvalue weighted by molar-refractivity contribution is 8.15. The van der Waals surface area contributed by atoms with Gasteiger partial charge in [0, 0.05) is 24.0 Å². The molecule has 2 aliphatic rings. The number of nitrogens with two attached hydrogens (primary N) is 1. The quantitative estimate of drug-likeness (QED) is 0.853. The first kappa shape index (κ1) is 18.9.